The van der Waals surface area contributed by atoms with Gasteiger partial charge in [-0.1, -0.05) is 24.3 Å². The van der Waals surface area contributed by atoms with Crippen LogP contribution in [0.5, 0.6) is 5.75 Å². The highest BCUT2D eigenvalue weighted by Gasteiger charge is 2.25. The van der Waals surface area contributed by atoms with Gasteiger partial charge in [0.25, 0.3) is 0 Å². The first-order valence-electron chi connectivity index (χ1n) is 12.1. The van der Waals surface area contributed by atoms with Crippen molar-refractivity contribution in [3.8, 4) is 11.8 Å². The van der Waals surface area contributed by atoms with E-state index in [2.05, 4.69) is 16.7 Å². The minimum atomic E-state index is -1.04. The lowest BCUT2D eigenvalue weighted by molar-refractivity contribution is 0.0800. The summed E-state index contributed by atoms with van der Waals surface area (Å²) in [7, 11) is 1.63. The molecule has 1 aromatic heterocycles. The maximum atomic E-state index is 14.0. The topological polar surface area (TPSA) is 80.3 Å². The van der Waals surface area contributed by atoms with E-state index in [1.807, 2.05) is 30.3 Å². The van der Waals surface area contributed by atoms with Gasteiger partial charge in [0.15, 0.2) is 0 Å². The van der Waals surface area contributed by atoms with E-state index >= 15 is 0 Å². The van der Waals surface area contributed by atoms with Crippen molar-refractivity contribution in [3.63, 3.8) is 0 Å². The minimum absolute atomic E-state index is 0.250. The number of hydrogen-bond donors (Lipinski definition) is 1. The van der Waals surface area contributed by atoms with Crippen molar-refractivity contribution in [1.29, 1.82) is 5.26 Å². The molecule has 0 radical (unpaired) electrons. The molecule has 2 heterocycles. The van der Waals surface area contributed by atoms with Crippen LogP contribution in [0.25, 0.3) is 16.6 Å². The molecule has 188 valence electrons. The van der Waals surface area contributed by atoms with Gasteiger partial charge >= 0.3 is 0 Å². The minimum Gasteiger partial charge on any atom is -0.488 e. The van der Waals surface area contributed by atoms with E-state index in [-0.39, 0.29) is 12.4 Å². The molecule has 0 atom stereocenters. The third-order valence-electron chi connectivity index (χ3n) is 6.71. The van der Waals surface area contributed by atoms with Crippen LogP contribution in [0.3, 0.4) is 0 Å². The lowest BCUT2D eigenvalue weighted by atomic mass is 9.90. The Balaban J connectivity index is 1.61. The first-order valence-corrected chi connectivity index (χ1v) is 12.1. The molecular formula is C30H28FN3O3. The Morgan fingerprint density at radius 1 is 1.19 bits per heavy atom. The van der Waals surface area contributed by atoms with Crippen LogP contribution >= 0.6 is 0 Å². The van der Waals surface area contributed by atoms with Crippen LogP contribution in [-0.4, -0.2) is 21.8 Å². The van der Waals surface area contributed by atoms with Gasteiger partial charge in [0.2, 0.25) is 0 Å². The Labute approximate surface area is 215 Å². The van der Waals surface area contributed by atoms with Gasteiger partial charge in [-0.2, -0.15) is 5.26 Å². The first-order chi connectivity index (χ1) is 17.7. The summed E-state index contributed by atoms with van der Waals surface area (Å²) in [6.45, 7) is 6.36. The summed E-state index contributed by atoms with van der Waals surface area (Å²) in [5, 5.41) is 20.4. The number of methoxy groups -OCH3 is 1. The van der Waals surface area contributed by atoms with Gasteiger partial charge in [0.1, 0.15) is 30.6 Å². The van der Waals surface area contributed by atoms with Crippen molar-refractivity contribution < 1.29 is 19.0 Å². The number of rotatable bonds is 5. The Morgan fingerprint density at radius 2 is 1.97 bits per heavy atom. The third-order valence-corrected chi connectivity index (χ3v) is 6.71. The number of fused-ring (bicyclic) bond motifs is 3. The predicted molar refractivity (Wildman–Crippen MR) is 139 cm³/mol. The molecule has 4 aromatic rings. The van der Waals surface area contributed by atoms with Gasteiger partial charge in [0.05, 0.1) is 22.7 Å². The van der Waals surface area contributed by atoms with E-state index in [0.717, 1.165) is 44.7 Å². The highest BCUT2D eigenvalue weighted by Crippen LogP contribution is 2.39. The highest BCUT2D eigenvalue weighted by atomic mass is 19.1. The van der Waals surface area contributed by atoms with Gasteiger partial charge in [-0.3, -0.25) is 0 Å². The fraction of sp³-hybridized carbons (Fsp3) is 0.267. The smallest absolute Gasteiger partial charge is 0.136 e. The summed E-state index contributed by atoms with van der Waals surface area (Å²) in [5.74, 6) is 0.788. The zero-order chi connectivity index (χ0) is 26.3. The van der Waals surface area contributed by atoms with E-state index in [4.69, 9.17) is 14.5 Å². The van der Waals surface area contributed by atoms with Crippen molar-refractivity contribution in [3.05, 3.63) is 99.6 Å². The number of para-hydroxylation sites is 1. The number of aliphatic hydroxyl groups is 1. The van der Waals surface area contributed by atoms with Gasteiger partial charge in [-0.25, -0.2) is 9.37 Å². The van der Waals surface area contributed by atoms with E-state index in [1.165, 1.54) is 12.1 Å². The SMILES string of the molecule is COCc1nc2c(C(C)(C)O)cccc2n1Cc1ccc2c(c1)COc1cc(F)ccc1/C2=C(\C)C#N. The number of benzene rings is 3. The largest absolute Gasteiger partial charge is 0.488 e. The van der Waals surface area contributed by atoms with Crippen molar-refractivity contribution in [2.75, 3.05) is 7.11 Å². The third kappa shape index (κ3) is 4.50. The van der Waals surface area contributed by atoms with Crippen LogP contribution < -0.4 is 4.74 Å². The Bertz CT molecular complexity index is 1590. The van der Waals surface area contributed by atoms with Crippen molar-refractivity contribution >= 4 is 16.6 Å². The predicted octanol–water partition coefficient (Wildman–Crippen LogP) is 5.84. The molecule has 6 nitrogen and oxygen atoms in total. The van der Waals surface area contributed by atoms with Crippen molar-refractivity contribution in [2.24, 2.45) is 0 Å². The maximum absolute atomic E-state index is 14.0. The van der Waals surface area contributed by atoms with E-state index in [0.29, 0.717) is 30.0 Å². The lowest BCUT2D eigenvalue weighted by Gasteiger charge is -2.18. The molecule has 1 aliphatic heterocycles. The number of allylic oxidation sites excluding steroid dienone is 1. The molecule has 7 heteroatoms. The highest BCUT2D eigenvalue weighted by molar-refractivity contribution is 5.88. The number of halogens is 1. The molecule has 0 spiro atoms. The maximum Gasteiger partial charge on any atom is 0.136 e. The molecule has 37 heavy (non-hydrogen) atoms. The van der Waals surface area contributed by atoms with Crippen LogP contribution in [0.1, 0.15) is 54.4 Å². The number of hydrogen-bond acceptors (Lipinski definition) is 5. The Hall–Kier alpha value is -3.99. The number of imidazole rings is 1. The molecule has 0 saturated heterocycles. The van der Waals surface area contributed by atoms with E-state index in [1.54, 1.807) is 33.9 Å². The molecule has 1 N–H and O–H groups in total. The molecule has 0 fully saturated rings. The number of nitrogens with zero attached hydrogens (tertiary/aromatic N) is 3. The first kappa shape index (κ1) is 24.7. The van der Waals surface area contributed by atoms with E-state index < -0.39 is 5.60 Å². The zero-order valence-electron chi connectivity index (χ0n) is 21.3. The Morgan fingerprint density at radius 3 is 2.70 bits per heavy atom. The van der Waals surface area contributed by atoms with E-state index in [9.17, 15) is 14.8 Å². The summed E-state index contributed by atoms with van der Waals surface area (Å²) in [4.78, 5) is 4.82. The van der Waals surface area contributed by atoms with Gasteiger partial charge < -0.3 is 19.1 Å². The second-order valence-electron chi connectivity index (χ2n) is 9.81. The zero-order valence-corrected chi connectivity index (χ0v) is 21.3. The summed E-state index contributed by atoms with van der Waals surface area (Å²) >= 11 is 0. The molecule has 0 bridgehead atoms. The average molecular weight is 498 g/mol. The molecule has 3 aromatic carbocycles. The fourth-order valence-corrected chi connectivity index (χ4v) is 4.98. The number of nitriles is 1. The van der Waals surface area contributed by atoms with Crippen LogP contribution in [-0.2, 0) is 30.1 Å². The molecule has 1 aliphatic rings. The normalized spacial score (nSPS) is 14.4. The summed E-state index contributed by atoms with van der Waals surface area (Å²) in [5.41, 5.74) is 6.16. The molecule has 0 aliphatic carbocycles. The van der Waals surface area contributed by atoms with Gasteiger partial charge in [-0.05, 0) is 61.7 Å². The molecular weight excluding hydrogens is 469 g/mol. The van der Waals surface area contributed by atoms with Gasteiger partial charge in [0, 0.05) is 42.0 Å². The molecule has 0 saturated carbocycles. The quantitative estimate of drug-likeness (QED) is 0.351. The average Bonchev–Trinajstić information content (AvgIpc) is 3.11. The summed E-state index contributed by atoms with van der Waals surface area (Å²) < 4.78 is 27.5. The standard InChI is InChI=1S/C30H28FN3O3/c1-18(14-32)28-22-10-8-19(12-20(22)16-37-26-13-21(31)9-11-23(26)28)15-34-25-7-5-6-24(30(2,3)35)29(25)33-27(34)17-36-4/h5-13,35H,15-17H2,1-4H3/b28-18+. The summed E-state index contributed by atoms with van der Waals surface area (Å²) in [6, 6.07) is 18.6. The monoisotopic (exact) mass is 497 g/mol. The Kier molecular flexibility index (Phi) is 6.32. The second kappa shape index (κ2) is 9.47. The van der Waals surface area contributed by atoms with Crippen molar-refractivity contribution in [1.82, 2.24) is 9.55 Å². The van der Waals surface area contributed by atoms with Gasteiger partial charge in [-0.15, -0.1) is 0 Å². The van der Waals surface area contributed by atoms with Crippen LogP contribution in [0.15, 0.2) is 60.2 Å². The van der Waals surface area contributed by atoms with Crippen LogP contribution in [0.4, 0.5) is 4.39 Å². The second-order valence-corrected chi connectivity index (χ2v) is 9.81. The van der Waals surface area contributed by atoms with Crippen LogP contribution in [0.2, 0.25) is 0 Å². The number of aromatic nitrogens is 2. The fourth-order valence-electron chi connectivity index (χ4n) is 4.98. The summed E-state index contributed by atoms with van der Waals surface area (Å²) in [6.07, 6.45) is 0. The lowest BCUT2D eigenvalue weighted by Crippen LogP contribution is -2.16. The van der Waals surface area contributed by atoms with Crippen LogP contribution in [0, 0.1) is 17.1 Å². The molecule has 5 rings (SSSR count). The number of ether oxygens (including phenoxy) is 2. The molecule has 0 amide bonds. The molecule has 0 unspecified atom stereocenters. The van der Waals surface area contributed by atoms with Crippen molar-refractivity contribution in [2.45, 2.75) is 46.1 Å².